The molecule has 5 heteroatoms. The number of hydrogen-bond acceptors (Lipinski definition) is 4. The first-order valence-electron chi connectivity index (χ1n) is 8.65. The monoisotopic (exact) mass is 335 g/mol. The van der Waals surface area contributed by atoms with Crippen molar-refractivity contribution in [3.05, 3.63) is 17.7 Å². The zero-order valence-electron chi connectivity index (χ0n) is 15.2. The normalized spacial score (nSPS) is 20.3. The molecule has 134 valence electrons. The molecule has 2 rings (SSSR count). The van der Waals surface area contributed by atoms with E-state index in [0.717, 1.165) is 24.3 Å². The molecule has 1 fully saturated rings. The van der Waals surface area contributed by atoms with Crippen LogP contribution in [0, 0.1) is 5.92 Å². The van der Waals surface area contributed by atoms with Gasteiger partial charge < -0.3 is 19.5 Å². The number of benzene rings is 1. The van der Waals surface area contributed by atoms with Crippen molar-refractivity contribution in [2.45, 2.75) is 51.5 Å². The van der Waals surface area contributed by atoms with E-state index in [1.54, 1.807) is 21.3 Å². The molecule has 0 bridgehead atoms. The smallest absolute Gasteiger partial charge is 0.220 e. The molecule has 1 N–H and O–H groups in total. The van der Waals surface area contributed by atoms with Crippen molar-refractivity contribution in [1.29, 1.82) is 0 Å². The van der Waals surface area contributed by atoms with Gasteiger partial charge in [-0.3, -0.25) is 4.79 Å². The Labute approximate surface area is 144 Å². The van der Waals surface area contributed by atoms with E-state index in [1.165, 1.54) is 12.8 Å². The van der Waals surface area contributed by atoms with E-state index in [4.69, 9.17) is 14.2 Å². The average molecular weight is 335 g/mol. The number of amides is 1. The van der Waals surface area contributed by atoms with Crippen LogP contribution in [0.5, 0.6) is 17.2 Å². The van der Waals surface area contributed by atoms with Gasteiger partial charge in [0, 0.05) is 12.5 Å². The number of carbonyl (C=O) groups excluding carboxylic acids is 1. The molecule has 0 heterocycles. The molecule has 5 nitrogen and oxygen atoms in total. The molecule has 0 atom stereocenters. The third-order valence-electron chi connectivity index (χ3n) is 4.75. The molecule has 0 radical (unpaired) electrons. The van der Waals surface area contributed by atoms with Crippen LogP contribution < -0.4 is 19.5 Å². The number of aryl methyl sites for hydroxylation is 1. The van der Waals surface area contributed by atoms with E-state index < -0.39 is 0 Å². The summed E-state index contributed by atoms with van der Waals surface area (Å²) in [6.07, 6.45) is 5.71. The maximum atomic E-state index is 12.2. The highest BCUT2D eigenvalue weighted by Gasteiger charge is 2.20. The summed E-state index contributed by atoms with van der Waals surface area (Å²) in [5, 5.41) is 3.16. The van der Waals surface area contributed by atoms with Gasteiger partial charge in [0.15, 0.2) is 11.5 Å². The third-order valence-corrected chi connectivity index (χ3v) is 4.75. The highest BCUT2D eigenvalue weighted by molar-refractivity contribution is 5.76. The van der Waals surface area contributed by atoms with Crippen molar-refractivity contribution in [2.75, 3.05) is 21.3 Å². The van der Waals surface area contributed by atoms with Gasteiger partial charge in [-0.1, -0.05) is 6.92 Å². The van der Waals surface area contributed by atoms with Gasteiger partial charge in [0.2, 0.25) is 11.7 Å². The van der Waals surface area contributed by atoms with E-state index in [1.807, 2.05) is 12.1 Å². The fraction of sp³-hybridized carbons (Fsp3) is 0.632. The second-order valence-electron chi connectivity index (χ2n) is 6.56. The van der Waals surface area contributed by atoms with Gasteiger partial charge in [0.25, 0.3) is 0 Å². The fourth-order valence-electron chi connectivity index (χ4n) is 3.24. The first-order valence-corrected chi connectivity index (χ1v) is 8.65. The van der Waals surface area contributed by atoms with Crippen molar-refractivity contribution in [2.24, 2.45) is 5.92 Å². The number of hydrogen-bond donors (Lipinski definition) is 1. The Morgan fingerprint density at radius 3 is 2.12 bits per heavy atom. The Morgan fingerprint density at radius 2 is 1.62 bits per heavy atom. The van der Waals surface area contributed by atoms with E-state index in [-0.39, 0.29) is 5.91 Å². The summed E-state index contributed by atoms with van der Waals surface area (Å²) in [6.45, 7) is 2.28. The molecule has 0 aromatic heterocycles. The molecule has 1 amide bonds. The number of rotatable bonds is 7. The molecule has 1 aromatic rings. The Hall–Kier alpha value is -1.91. The van der Waals surface area contributed by atoms with Crippen LogP contribution in [-0.4, -0.2) is 33.3 Å². The minimum absolute atomic E-state index is 0.114. The molecule has 0 unspecified atom stereocenters. The van der Waals surface area contributed by atoms with Gasteiger partial charge in [0.05, 0.1) is 21.3 Å². The van der Waals surface area contributed by atoms with Crippen molar-refractivity contribution in [1.82, 2.24) is 5.32 Å². The second-order valence-corrected chi connectivity index (χ2v) is 6.56. The predicted molar refractivity (Wildman–Crippen MR) is 94.0 cm³/mol. The minimum atomic E-state index is 0.114. The van der Waals surface area contributed by atoms with Gasteiger partial charge in [-0.25, -0.2) is 0 Å². The minimum Gasteiger partial charge on any atom is -0.493 e. The quantitative estimate of drug-likeness (QED) is 0.830. The molecule has 1 saturated carbocycles. The van der Waals surface area contributed by atoms with Crippen LogP contribution in [0.3, 0.4) is 0 Å². The fourth-order valence-corrected chi connectivity index (χ4v) is 3.24. The summed E-state index contributed by atoms with van der Waals surface area (Å²) in [5.74, 6) is 2.72. The average Bonchev–Trinajstić information content (AvgIpc) is 2.60. The molecular formula is C19H29NO4. The molecule has 1 aromatic carbocycles. The molecule has 0 saturated heterocycles. The Kier molecular flexibility index (Phi) is 6.76. The zero-order valence-corrected chi connectivity index (χ0v) is 15.2. The lowest BCUT2D eigenvalue weighted by molar-refractivity contribution is -0.122. The summed E-state index contributed by atoms with van der Waals surface area (Å²) >= 11 is 0. The molecule has 0 spiro atoms. The summed E-state index contributed by atoms with van der Waals surface area (Å²) in [6, 6.07) is 4.14. The first kappa shape index (κ1) is 18.4. The molecular weight excluding hydrogens is 306 g/mol. The Morgan fingerprint density at radius 1 is 1.04 bits per heavy atom. The largest absolute Gasteiger partial charge is 0.493 e. The predicted octanol–water partition coefficient (Wildman–Crippen LogP) is 3.34. The van der Waals surface area contributed by atoms with Crippen LogP contribution in [0.4, 0.5) is 0 Å². The van der Waals surface area contributed by atoms with Crippen LogP contribution >= 0.6 is 0 Å². The van der Waals surface area contributed by atoms with E-state index in [0.29, 0.717) is 36.1 Å². The SMILES string of the molecule is COc1cc(CCC(=O)NC2CCC(C)CC2)cc(OC)c1OC. The number of methoxy groups -OCH3 is 3. The van der Waals surface area contributed by atoms with Gasteiger partial charge >= 0.3 is 0 Å². The van der Waals surface area contributed by atoms with Crippen molar-refractivity contribution in [3.8, 4) is 17.2 Å². The topological polar surface area (TPSA) is 56.8 Å². The molecule has 24 heavy (non-hydrogen) atoms. The van der Waals surface area contributed by atoms with Crippen LogP contribution in [0.15, 0.2) is 12.1 Å². The lowest BCUT2D eigenvalue weighted by atomic mass is 9.87. The summed E-state index contributed by atoms with van der Waals surface area (Å²) in [7, 11) is 4.77. The summed E-state index contributed by atoms with van der Waals surface area (Å²) in [5.41, 5.74) is 0.997. The maximum Gasteiger partial charge on any atom is 0.220 e. The van der Waals surface area contributed by atoms with Crippen molar-refractivity contribution < 1.29 is 19.0 Å². The maximum absolute atomic E-state index is 12.2. The Bertz CT molecular complexity index is 525. The zero-order chi connectivity index (χ0) is 17.5. The van der Waals surface area contributed by atoms with Gasteiger partial charge in [-0.05, 0) is 55.7 Å². The number of nitrogens with one attached hydrogen (secondary N) is 1. The number of ether oxygens (including phenoxy) is 3. The molecule has 1 aliphatic carbocycles. The highest BCUT2D eigenvalue weighted by Crippen LogP contribution is 2.38. The van der Waals surface area contributed by atoms with Crippen LogP contribution in [0.1, 0.15) is 44.6 Å². The Balaban J connectivity index is 1.92. The second kappa shape index (κ2) is 8.81. The van der Waals surface area contributed by atoms with E-state index >= 15 is 0 Å². The first-order chi connectivity index (χ1) is 11.6. The van der Waals surface area contributed by atoms with Crippen LogP contribution in [0.25, 0.3) is 0 Å². The summed E-state index contributed by atoms with van der Waals surface area (Å²) < 4.78 is 16.0. The standard InChI is InChI=1S/C19H29NO4/c1-13-5-8-15(9-6-13)20-18(21)10-7-14-11-16(22-2)19(24-4)17(12-14)23-3/h11-13,15H,5-10H2,1-4H3,(H,20,21). The summed E-state index contributed by atoms with van der Waals surface area (Å²) in [4.78, 5) is 12.2. The van der Waals surface area contributed by atoms with Gasteiger partial charge in [0.1, 0.15) is 0 Å². The van der Waals surface area contributed by atoms with Gasteiger partial charge in [-0.2, -0.15) is 0 Å². The van der Waals surface area contributed by atoms with Crippen molar-refractivity contribution in [3.63, 3.8) is 0 Å². The molecule has 0 aliphatic heterocycles. The van der Waals surface area contributed by atoms with Crippen LogP contribution in [-0.2, 0) is 11.2 Å². The van der Waals surface area contributed by atoms with E-state index in [9.17, 15) is 4.79 Å². The van der Waals surface area contributed by atoms with Crippen LogP contribution in [0.2, 0.25) is 0 Å². The van der Waals surface area contributed by atoms with Crippen molar-refractivity contribution >= 4 is 5.91 Å². The highest BCUT2D eigenvalue weighted by atomic mass is 16.5. The molecule has 1 aliphatic rings. The third kappa shape index (κ3) is 4.79. The lowest BCUT2D eigenvalue weighted by Crippen LogP contribution is -2.37. The lowest BCUT2D eigenvalue weighted by Gasteiger charge is -2.26. The number of carbonyl (C=O) groups is 1. The van der Waals surface area contributed by atoms with Gasteiger partial charge in [-0.15, -0.1) is 0 Å². The van der Waals surface area contributed by atoms with E-state index in [2.05, 4.69) is 12.2 Å².